The van der Waals surface area contributed by atoms with Gasteiger partial charge in [-0.05, 0) is 44.4 Å². The molecule has 0 saturated carbocycles. The summed E-state index contributed by atoms with van der Waals surface area (Å²) in [6.45, 7) is 6.61. The zero-order chi connectivity index (χ0) is 19.9. The molecular weight excluding hydrogens is 356 g/mol. The Morgan fingerprint density at radius 3 is 2.93 bits per heavy atom. The van der Waals surface area contributed by atoms with Crippen molar-refractivity contribution in [2.24, 2.45) is 5.92 Å². The minimum atomic E-state index is -0.130. The first-order chi connectivity index (χ1) is 13.7. The lowest BCUT2D eigenvalue weighted by Gasteiger charge is -2.32. The number of aromatic nitrogens is 2. The van der Waals surface area contributed by atoms with E-state index >= 15 is 0 Å². The van der Waals surface area contributed by atoms with Gasteiger partial charge >= 0.3 is 0 Å². The van der Waals surface area contributed by atoms with Crippen LogP contribution in [0.3, 0.4) is 0 Å². The third kappa shape index (κ3) is 4.65. The van der Waals surface area contributed by atoms with Gasteiger partial charge in [-0.15, -0.1) is 0 Å². The molecule has 1 aromatic heterocycles. The zero-order valence-corrected chi connectivity index (χ0v) is 17.0. The van der Waals surface area contributed by atoms with Crippen LogP contribution in [0.2, 0.25) is 0 Å². The normalized spacial score (nSPS) is 17.3. The molecule has 1 saturated heterocycles. The van der Waals surface area contributed by atoms with Crippen LogP contribution in [0.25, 0.3) is 0 Å². The molecule has 7 heteroatoms. The number of amides is 1. The summed E-state index contributed by atoms with van der Waals surface area (Å²) in [5.74, 6) is 2.44. The average molecular weight is 386 g/mol. The number of nitrogens with one attached hydrogen (secondary N) is 1. The van der Waals surface area contributed by atoms with E-state index in [4.69, 9.17) is 9.47 Å². The number of piperidine rings is 1. The number of imidazole rings is 1. The molecule has 0 spiro atoms. The number of para-hydroxylation sites is 1. The van der Waals surface area contributed by atoms with Crippen molar-refractivity contribution < 1.29 is 14.3 Å². The van der Waals surface area contributed by atoms with Crippen LogP contribution in [0.4, 0.5) is 0 Å². The van der Waals surface area contributed by atoms with Crippen molar-refractivity contribution in [3.8, 4) is 11.5 Å². The molecule has 1 amide bonds. The molecule has 1 N–H and O–H groups in total. The molecule has 152 valence electrons. The standard InChI is InChI=1S/C21H30N4O3/c1-4-25-12-10-22-19(25)15-24-11-6-7-16(14-24)13-23-21(26)17-8-5-9-18(27-2)20(17)28-3/h5,8-10,12,16H,4,6-7,11,13-15H2,1-3H3,(H,23,26)/t16-/m0/s1. The number of hydrogen-bond donors (Lipinski definition) is 1. The predicted molar refractivity (Wildman–Crippen MR) is 108 cm³/mol. The molecule has 0 bridgehead atoms. The van der Waals surface area contributed by atoms with Gasteiger partial charge in [-0.3, -0.25) is 9.69 Å². The SMILES string of the molecule is CCn1ccnc1CN1CCC[C@@H](CNC(=O)c2cccc(OC)c2OC)C1. The number of carbonyl (C=O) groups excluding carboxylic acids is 1. The van der Waals surface area contributed by atoms with E-state index in [9.17, 15) is 4.79 Å². The fourth-order valence-electron chi connectivity index (χ4n) is 3.84. The molecule has 3 rings (SSSR count). The van der Waals surface area contributed by atoms with Gasteiger partial charge in [0, 0.05) is 32.0 Å². The maximum Gasteiger partial charge on any atom is 0.255 e. The van der Waals surface area contributed by atoms with E-state index in [0.29, 0.717) is 29.5 Å². The Morgan fingerprint density at radius 2 is 2.18 bits per heavy atom. The number of aryl methyl sites for hydroxylation is 1. The maximum absolute atomic E-state index is 12.7. The van der Waals surface area contributed by atoms with Gasteiger partial charge in [-0.2, -0.15) is 0 Å². The minimum Gasteiger partial charge on any atom is -0.493 e. The Hall–Kier alpha value is -2.54. The highest BCUT2D eigenvalue weighted by Gasteiger charge is 2.23. The van der Waals surface area contributed by atoms with E-state index in [1.165, 1.54) is 0 Å². The zero-order valence-electron chi connectivity index (χ0n) is 17.0. The van der Waals surface area contributed by atoms with Crippen LogP contribution in [0.15, 0.2) is 30.6 Å². The Bertz CT molecular complexity index is 790. The molecular formula is C21H30N4O3. The highest BCUT2D eigenvalue weighted by Crippen LogP contribution is 2.30. The second-order valence-electron chi connectivity index (χ2n) is 7.12. The van der Waals surface area contributed by atoms with Gasteiger partial charge in [-0.1, -0.05) is 6.07 Å². The largest absolute Gasteiger partial charge is 0.493 e. The average Bonchev–Trinajstić information content (AvgIpc) is 3.18. The quantitative estimate of drug-likeness (QED) is 0.755. The predicted octanol–water partition coefficient (Wildman–Crippen LogP) is 2.56. The molecule has 0 radical (unpaired) electrons. The summed E-state index contributed by atoms with van der Waals surface area (Å²) in [6, 6.07) is 5.34. The Labute approximate surface area is 166 Å². The van der Waals surface area contributed by atoms with Gasteiger partial charge < -0.3 is 19.4 Å². The number of methoxy groups -OCH3 is 2. The molecule has 1 aliphatic heterocycles. The second kappa shape index (κ2) is 9.59. The second-order valence-corrected chi connectivity index (χ2v) is 7.12. The number of hydrogen-bond acceptors (Lipinski definition) is 5. The van der Waals surface area contributed by atoms with E-state index in [0.717, 1.165) is 44.8 Å². The lowest BCUT2D eigenvalue weighted by Crippen LogP contribution is -2.41. The summed E-state index contributed by atoms with van der Waals surface area (Å²) in [5, 5.41) is 3.07. The summed E-state index contributed by atoms with van der Waals surface area (Å²) in [7, 11) is 3.12. The molecule has 0 unspecified atom stereocenters. The van der Waals surface area contributed by atoms with E-state index in [1.807, 2.05) is 12.4 Å². The Kier molecular flexibility index (Phi) is 6.92. The third-order valence-electron chi connectivity index (χ3n) is 5.31. The first-order valence-electron chi connectivity index (χ1n) is 9.87. The van der Waals surface area contributed by atoms with Crippen LogP contribution in [-0.4, -0.2) is 54.2 Å². The number of likely N-dealkylation sites (tertiary alicyclic amines) is 1. The van der Waals surface area contributed by atoms with Crippen LogP contribution in [0.1, 0.15) is 35.9 Å². The van der Waals surface area contributed by atoms with Crippen molar-refractivity contribution in [2.45, 2.75) is 32.9 Å². The number of nitrogens with zero attached hydrogens (tertiary/aromatic N) is 3. The Balaban J connectivity index is 1.56. The molecule has 1 fully saturated rings. The van der Waals surface area contributed by atoms with Crippen molar-refractivity contribution in [3.05, 3.63) is 42.0 Å². The van der Waals surface area contributed by atoms with Crippen molar-refractivity contribution in [1.29, 1.82) is 0 Å². The van der Waals surface area contributed by atoms with Gasteiger partial charge in [0.05, 0.1) is 26.3 Å². The topological polar surface area (TPSA) is 68.6 Å². The lowest BCUT2D eigenvalue weighted by molar-refractivity contribution is 0.0926. The van der Waals surface area contributed by atoms with E-state index < -0.39 is 0 Å². The van der Waals surface area contributed by atoms with Crippen LogP contribution in [0, 0.1) is 5.92 Å². The first kappa shape index (κ1) is 20.2. The highest BCUT2D eigenvalue weighted by molar-refractivity contribution is 5.97. The molecule has 1 atom stereocenters. The fraction of sp³-hybridized carbons (Fsp3) is 0.524. The fourth-order valence-corrected chi connectivity index (χ4v) is 3.84. The summed E-state index contributed by atoms with van der Waals surface area (Å²) in [5.41, 5.74) is 0.500. The summed E-state index contributed by atoms with van der Waals surface area (Å²) < 4.78 is 12.8. The van der Waals surface area contributed by atoms with Crippen molar-refractivity contribution in [2.75, 3.05) is 33.9 Å². The van der Waals surface area contributed by atoms with Crippen molar-refractivity contribution in [3.63, 3.8) is 0 Å². The summed E-state index contributed by atoms with van der Waals surface area (Å²) in [6.07, 6.45) is 6.14. The molecule has 2 aromatic rings. The molecule has 28 heavy (non-hydrogen) atoms. The van der Waals surface area contributed by atoms with Crippen LogP contribution < -0.4 is 14.8 Å². The molecule has 2 heterocycles. The maximum atomic E-state index is 12.7. The van der Waals surface area contributed by atoms with E-state index in [-0.39, 0.29) is 5.91 Å². The van der Waals surface area contributed by atoms with Crippen molar-refractivity contribution >= 4 is 5.91 Å². The highest BCUT2D eigenvalue weighted by atomic mass is 16.5. The monoisotopic (exact) mass is 386 g/mol. The summed E-state index contributed by atoms with van der Waals surface area (Å²) >= 11 is 0. The smallest absolute Gasteiger partial charge is 0.255 e. The van der Waals surface area contributed by atoms with Gasteiger partial charge in [0.25, 0.3) is 5.91 Å². The van der Waals surface area contributed by atoms with E-state index in [2.05, 4.69) is 26.7 Å². The van der Waals surface area contributed by atoms with Crippen LogP contribution >= 0.6 is 0 Å². The molecule has 0 aliphatic carbocycles. The molecule has 1 aliphatic rings. The van der Waals surface area contributed by atoms with Crippen molar-refractivity contribution in [1.82, 2.24) is 19.8 Å². The number of rotatable bonds is 8. The third-order valence-corrected chi connectivity index (χ3v) is 5.31. The van der Waals surface area contributed by atoms with Gasteiger partial charge in [0.2, 0.25) is 0 Å². The number of carbonyl (C=O) groups is 1. The van der Waals surface area contributed by atoms with Gasteiger partial charge in [0.15, 0.2) is 11.5 Å². The Morgan fingerprint density at radius 1 is 1.32 bits per heavy atom. The van der Waals surface area contributed by atoms with Gasteiger partial charge in [0.1, 0.15) is 5.82 Å². The lowest BCUT2D eigenvalue weighted by atomic mass is 9.97. The minimum absolute atomic E-state index is 0.130. The van der Waals surface area contributed by atoms with Crippen LogP contribution in [-0.2, 0) is 13.1 Å². The van der Waals surface area contributed by atoms with Gasteiger partial charge in [-0.25, -0.2) is 4.98 Å². The summed E-state index contributed by atoms with van der Waals surface area (Å²) in [4.78, 5) is 19.6. The molecule has 1 aromatic carbocycles. The van der Waals surface area contributed by atoms with E-state index in [1.54, 1.807) is 32.4 Å². The van der Waals surface area contributed by atoms with Crippen LogP contribution in [0.5, 0.6) is 11.5 Å². The molecule has 7 nitrogen and oxygen atoms in total. The number of ether oxygens (including phenoxy) is 2. The number of benzene rings is 1. The first-order valence-corrected chi connectivity index (χ1v) is 9.87.